The van der Waals surface area contributed by atoms with Gasteiger partial charge in [0.2, 0.25) is 5.91 Å². The zero-order valence-corrected chi connectivity index (χ0v) is 17.5. The van der Waals surface area contributed by atoms with E-state index in [2.05, 4.69) is 27.1 Å². The molecule has 2 N–H and O–H groups in total. The highest BCUT2D eigenvalue weighted by atomic mass is 35.5. The van der Waals surface area contributed by atoms with Gasteiger partial charge in [0.1, 0.15) is 0 Å². The van der Waals surface area contributed by atoms with Gasteiger partial charge in [0.15, 0.2) is 0 Å². The van der Waals surface area contributed by atoms with E-state index in [4.69, 9.17) is 5.73 Å². The van der Waals surface area contributed by atoms with Crippen LogP contribution in [0.15, 0.2) is 5.38 Å². The summed E-state index contributed by atoms with van der Waals surface area (Å²) in [7, 11) is 0. The minimum absolute atomic E-state index is 0. The van der Waals surface area contributed by atoms with Crippen molar-refractivity contribution in [2.24, 2.45) is 17.6 Å². The SMILES string of the molecule is Cc1nc(CN2CCC(C(=O)N3CC(CN)CC3C)CC2)cs1.Cl.Cl. The van der Waals surface area contributed by atoms with E-state index in [1.807, 2.05) is 6.92 Å². The highest BCUT2D eigenvalue weighted by Gasteiger charge is 2.36. The summed E-state index contributed by atoms with van der Waals surface area (Å²) in [6.07, 6.45) is 3.00. The Kier molecular flexibility index (Phi) is 9.12. The number of piperidine rings is 1. The Hall–Kier alpha value is -0.400. The highest BCUT2D eigenvalue weighted by Crippen LogP contribution is 2.28. The van der Waals surface area contributed by atoms with Crippen LogP contribution < -0.4 is 5.73 Å². The lowest BCUT2D eigenvalue weighted by atomic mass is 9.95. The van der Waals surface area contributed by atoms with Crippen LogP contribution in [0.4, 0.5) is 0 Å². The molecule has 2 aliphatic rings. The number of carbonyl (C=O) groups excluding carboxylic acids is 1. The third kappa shape index (κ3) is 5.54. The zero-order valence-electron chi connectivity index (χ0n) is 15.0. The second-order valence-corrected chi connectivity index (χ2v) is 8.15. The maximum Gasteiger partial charge on any atom is 0.226 e. The summed E-state index contributed by atoms with van der Waals surface area (Å²) in [5.74, 6) is 1.04. The second-order valence-electron chi connectivity index (χ2n) is 7.09. The number of halogens is 2. The summed E-state index contributed by atoms with van der Waals surface area (Å²) in [4.78, 5) is 21.8. The molecule has 0 radical (unpaired) electrons. The number of likely N-dealkylation sites (tertiary alicyclic amines) is 2. The van der Waals surface area contributed by atoms with Gasteiger partial charge >= 0.3 is 0 Å². The van der Waals surface area contributed by atoms with Gasteiger partial charge in [0.25, 0.3) is 0 Å². The van der Waals surface area contributed by atoms with Crippen molar-refractivity contribution in [2.45, 2.75) is 45.7 Å². The van der Waals surface area contributed by atoms with Crippen LogP contribution in [0.5, 0.6) is 0 Å². The number of nitrogens with two attached hydrogens (primary N) is 1. The average Bonchev–Trinajstić information content (AvgIpc) is 3.13. The van der Waals surface area contributed by atoms with Crippen molar-refractivity contribution < 1.29 is 4.79 Å². The maximum absolute atomic E-state index is 12.8. The van der Waals surface area contributed by atoms with Gasteiger partial charge < -0.3 is 10.6 Å². The number of aryl methyl sites for hydroxylation is 1. The molecule has 1 aromatic heterocycles. The topological polar surface area (TPSA) is 62.5 Å². The summed E-state index contributed by atoms with van der Waals surface area (Å²) >= 11 is 1.71. The molecule has 8 heteroatoms. The molecule has 3 heterocycles. The molecular formula is C17H30Cl2N4OS. The molecule has 2 saturated heterocycles. The molecule has 0 spiro atoms. The number of hydrogen-bond acceptors (Lipinski definition) is 5. The number of rotatable bonds is 4. The van der Waals surface area contributed by atoms with Gasteiger partial charge in [-0.1, -0.05) is 0 Å². The minimum atomic E-state index is 0. The Bertz CT molecular complexity index is 549. The normalized spacial score (nSPS) is 24.7. The van der Waals surface area contributed by atoms with E-state index in [1.54, 1.807) is 11.3 Å². The van der Waals surface area contributed by atoms with Crippen molar-refractivity contribution in [1.82, 2.24) is 14.8 Å². The number of aromatic nitrogens is 1. The Balaban J connectivity index is 0.00000156. The monoisotopic (exact) mass is 408 g/mol. The van der Waals surface area contributed by atoms with Crippen molar-refractivity contribution in [1.29, 1.82) is 0 Å². The van der Waals surface area contributed by atoms with E-state index >= 15 is 0 Å². The molecule has 0 aromatic carbocycles. The molecule has 0 bridgehead atoms. The first kappa shape index (κ1) is 22.6. The van der Waals surface area contributed by atoms with E-state index in [9.17, 15) is 4.79 Å². The summed E-state index contributed by atoms with van der Waals surface area (Å²) in [5.41, 5.74) is 6.94. The lowest BCUT2D eigenvalue weighted by Crippen LogP contribution is -2.43. The number of hydrogen-bond donors (Lipinski definition) is 1. The Labute approximate surface area is 167 Å². The molecule has 25 heavy (non-hydrogen) atoms. The predicted octanol–water partition coefficient (Wildman–Crippen LogP) is 2.70. The molecule has 144 valence electrons. The first-order valence-electron chi connectivity index (χ1n) is 8.70. The molecule has 2 fully saturated rings. The number of nitrogens with zero attached hydrogens (tertiary/aromatic N) is 3. The van der Waals surface area contributed by atoms with Gasteiger partial charge in [0.05, 0.1) is 10.7 Å². The molecular weight excluding hydrogens is 379 g/mol. The second kappa shape index (κ2) is 10.1. The number of amides is 1. The minimum Gasteiger partial charge on any atom is -0.339 e. The van der Waals surface area contributed by atoms with Crippen molar-refractivity contribution in [3.05, 3.63) is 16.1 Å². The Morgan fingerprint density at radius 1 is 1.36 bits per heavy atom. The van der Waals surface area contributed by atoms with Crippen LogP contribution in [-0.4, -0.2) is 52.9 Å². The molecule has 1 amide bonds. The maximum atomic E-state index is 12.8. The fourth-order valence-corrected chi connectivity index (χ4v) is 4.51. The summed E-state index contributed by atoms with van der Waals surface area (Å²) < 4.78 is 0. The first-order chi connectivity index (χ1) is 11.1. The number of thiazole rings is 1. The molecule has 5 nitrogen and oxygen atoms in total. The van der Waals surface area contributed by atoms with Gasteiger partial charge in [-0.3, -0.25) is 9.69 Å². The average molecular weight is 409 g/mol. The summed E-state index contributed by atoms with van der Waals surface area (Å²) in [6.45, 7) is 8.66. The molecule has 2 atom stereocenters. The van der Waals surface area contributed by atoms with Crippen LogP contribution >= 0.6 is 36.2 Å². The predicted molar refractivity (Wildman–Crippen MR) is 108 cm³/mol. The third-order valence-electron chi connectivity index (χ3n) is 5.27. The van der Waals surface area contributed by atoms with E-state index in [0.29, 0.717) is 24.4 Å². The van der Waals surface area contributed by atoms with Gasteiger partial charge in [-0.25, -0.2) is 4.98 Å². The van der Waals surface area contributed by atoms with E-state index in [1.165, 1.54) is 0 Å². The van der Waals surface area contributed by atoms with E-state index in [-0.39, 0.29) is 30.7 Å². The lowest BCUT2D eigenvalue weighted by Gasteiger charge is -2.34. The van der Waals surface area contributed by atoms with Gasteiger partial charge in [-0.15, -0.1) is 36.2 Å². The van der Waals surface area contributed by atoms with Crippen LogP contribution in [0.2, 0.25) is 0 Å². The van der Waals surface area contributed by atoms with E-state index < -0.39 is 0 Å². The molecule has 0 aliphatic carbocycles. The van der Waals surface area contributed by atoms with Crippen LogP contribution in [0.25, 0.3) is 0 Å². The standard InChI is InChI=1S/C17H28N4OS.2ClH/c1-12-7-14(8-18)9-21(12)17(22)15-3-5-20(6-4-15)10-16-11-23-13(2)19-16;;/h11-12,14-15H,3-10,18H2,1-2H3;2*1H. The van der Waals surface area contributed by atoms with Crippen molar-refractivity contribution in [3.63, 3.8) is 0 Å². The largest absolute Gasteiger partial charge is 0.339 e. The smallest absolute Gasteiger partial charge is 0.226 e. The fraction of sp³-hybridized carbons (Fsp3) is 0.765. The lowest BCUT2D eigenvalue weighted by molar-refractivity contribution is -0.137. The van der Waals surface area contributed by atoms with E-state index in [0.717, 1.165) is 56.1 Å². The third-order valence-corrected chi connectivity index (χ3v) is 6.09. The molecule has 3 rings (SSSR count). The van der Waals surface area contributed by atoms with Crippen molar-refractivity contribution in [3.8, 4) is 0 Å². The van der Waals surface area contributed by atoms with Gasteiger partial charge in [-0.2, -0.15) is 0 Å². The summed E-state index contributed by atoms with van der Waals surface area (Å²) in [5, 5.41) is 3.27. The van der Waals surface area contributed by atoms with Crippen molar-refractivity contribution in [2.75, 3.05) is 26.2 Å². The van der Waals surface area contributed by atoms with Crippen LogP contribution in [0.3, 0.4) is 0 Å². The molecule has 2 unspecified atom stereocenters. The van der Waals surface area contributed by atoms with Crippen LogP contribution in [0.1, 0.15) is 36.9 Å². The molecule has 1 aromatic rings. The quantitative estimate of drug-likeness (QED) is 0.831. The highest BCUT2D eigenvalue weighted by molar-refractivity contribution is 7.09. The zero-order chi connectivity index (χ0) is 16.4. The number of carbonyl (C=O) groups is 1. The Morgan fingerprint density at radius 2 is 2.04 bits per heavy atom. The molecule has 0 saturated carbocycles. The van der Waals surface area contributed by atoms with Crippen LogP contribution in [-0.2, 0) is 11.3 Å². The van der Waals surface area contributed by atoms with Crippen LogP contribution in [0, 0.1) is 18.8 Å². The van der Waals surface area contributed by atoms with Gasteiger partial charge in [-0.05, 0) is 58.7 Å². The van der Waals surface area contributed by atoms with Gasteiger partial charge in [0, 0.05) is 30.4 Å². The van der Waals surface area contributed by atoms with Crippen molar-refractivity contribution >= 4 is 42.1 Å². The first-order valence-corrected chi connectivity index (χ1v) is 9.58. The Morgan fingerprint density at radius 3 is 2.56 bits per heavy atom. The summed E-state index contributed by atoms with van der Waals surface area (Å²) in [6, 6.07) is 0.354. The fourth-order valence-electron chi connectivity index (χ4n) is 3.90. The molecule has 2 aliphatic heterocycles.